The van der Waals surface area contributed by atoms with Crippen molar-refractivity contribution in [3.05, 3.63) is 167 Å². The number of guanidine groups is 2. The number of carboxylic acid groups (broad SMARTS) is 1. The van der Waals surface area contributed by atoms with Gasteiger partial charge in [-0.3, -0.25) is 28.8 Å². The van der Waals surface area contributed by atoms with E-state index >= 15 is 0 Å². The van der Waals surface area contributed by atoms with E-state index in [4.69, 9.17) is 49.6 Å². The smallest absolute Gasteiger partial charge is 0.361 e. The van der Waals surface area contributed by atoms with Gasteiger partial charge >= 0.3 is 21.2 Å². The number of hydrogen-bond donors (Lipinski definition) is 8. The minimum atomic E-state index is -4.06. The Kier molecular flexibility index (Phi) is 25.2. The Balaban J connectivity index is 0.000000343. The fourth-order valence-corrected chi connectivity index (χ4v) is 12.1. The van der Waals surface area contributed by atoms with Crippen LogP contribution in [0.15, 0.2) is 147 Å². The number of hydrogen-bond acceptors (Lipinski definition) is 15. The number of nitrogens with two attached hydrogens (primary N) is 4. The number of aliphatic imine (C=N–C) groups is 1. The van der Waals surface area contributed by atoms with Crippen LogP contribution in [0.3, 0.4) is 0 Å². The molecule has 6 aromatic rings. The molecule has 31 heteroatoms. The second kappa shape index (κ2) is 30.9. The SMILES string of the molecule is CCOP(=O)(OCC)c1ccc(NS(=O)(=O)c2ccc(Oc3c(F)cc(/C=C(\C)C(=O)N=C(N)N)cc3F)cc2)cc1.CCOP(=O)(OCC)c1ccc(NS(=O)(=O)c2ccc(Oc3c(F)cc(/C=C(\C)C(=O)O)cc3F)cc2)cc1.N=C(N)N. The van der Waals surface area contributed by atoms with Crippen molar-refractivity contribution in [1.82, 2.24) is 0 Å². The van der Waals surface area contributed by atoms with Gasteiger partial charge in [0.25, 0.3) is 26.0 Å². The van der Waals surface area contributed by atoms with Gasteiger partial charge in [-0.2, -0.15) is 4.99 Å². The van der Waals surface area contributed by atoms with Gasteiger partial charge in [0.15, 0.2) is 46.7 Å². The van der Waals surface area contributed by atoms with Gasteiger partial charge in [-0.05, 0) is 186 Å². The van der Waals surface area contributed by atoms with Gasteiger partial charge in [-0.1, -0.05) is 0 Å². The summed E-state index contributed by atoms with van der Waals surface area (Å²) in [6, 6.07) is 24.8. The minimum Gasteiger partial charge on any atom is -0.478 e. The number of ether oxygens (including phenoxy) is 2. The number of sulfonamides is 2. The number of nitrogens with zero attached hydrogens (tertiary/aromatic N) is 1. The highest BCUT2D eigenvalue weighted by Gasteiger charge is 2.28. The highest BCUT2D eigenvalue weighted by Crippen LogP contribution is 2.48. The van der Waals surface area contributed by atoms with Crippen LogP contribution in [0, 0.1) is 28.7 Å². The van der Waals surface area contributed by atoms with E-state index in [2.05, 4.69) is 25.9 Å². The number of carbonyl (C=O) groups excluding carboxylic acids is 1. The molecule has 0 bridgehead atoms. The zero-order valence-corrected chi connectivity index (χ0v) is 49.6. The molecule has 0 aliphatic rings. The molecule has 0 saturated heterocycles. The topological polar surface area (TPSA) is 377 Å². The first-order valence-electron chi connectivity index (χ1n) is 24.8. The monoisotopic (exact) mass is 1260 g/mol. The lowest BCUT2D eigenvalue weighted by molar-refractivity contribution is -0.132. The average molecular weight is 1260 g/mol. The van der Waals surface area contributed by atoms with Crippen molar-refractivity contribution in [2.45, 2.75) is 51.3 Å². The molecule has 0 unspecified atom stereocenters. The summed E-state index contributed by atoms with van der Waals surface area (Å²) in [5, 5.41) is 15.5. The Morgan fingerprint density at radius 1 is 0.553 bits per heavy atom. The van der Waals surface area contributed by atoms with Crippen molar-refractivity contribution < 1.29 is 85.8 Å². The van der Waals surface area contributed by atoms with Gasteiger partial charge in [0, 0.05) is 22.5 Å². The molecule has 6 aromatic carbocycles. The summed E-state index contributed by atoms with van der Waals surface area (Å²) < 4.78 is 172. The van der Waals surface area contributed by atoms with Gasteiger partial charge in [0.05, 0.1) is 46.8 Å². The van der Waals surface area contributed by atoms with Crippen molar-refractivity contribution >= 4 is 93.2 Å². The van der Waals surface area contributed by atoms with E-state index in [0.717, 1.165) is 30.3 Å². The highest BCUT2D eigenvalue weighted by atomic mass is 32.2. The molecule has 0 radical (unpaired) electrons. The number of carbonyl (C=O) groups is 2. The molecule has 0 aliphatic heterocycles. The zero-order valence-electron chi connectivity index (χ0n) is 46.2. The van der Waals surface area contributed by atoms with E-state index in [9.17, 15) is 53.1 Å². The van der Waals surface area contributed by atoms with Crippen molar-refractivity contribution in [1.29, 1.82) is 5.41 Å². The number of carboxylic acids is 1. The maximum Gasteiger partial charge on any atom is 0.361 e. The van der Waals surface area contributed by atoms with Crippen LogP contribution in [0.25, 0.3) is 12.2 Å². The molecular weight excluding hydrogens is 1200 g/mol. The van der Waals surface area contributed by atoms with E-state index in [1.807, 2.05) is 0 Å². The first-order valence-corrected chi connectivity index (χ1v) is 30.9. The molecule has 23 nitrogen and oxygen atoms in total. The van der Waals surface area contributed by atoms with E-state index in [1.54, 1.807) is 27.7 Å². The van der Waals surface area contributed by atoms with Crippen LogP contribution in [0.5, 0.6) is 23.0 Å². The second-order valence-electron chi connectivity index (χ2n) is 17.0. The summed E-state index contributed by atoms with van der Waals surface area (Å²) in [5.74, 6) is -8.60. The molecule has 85 heavy (non-hydrogen) atoms. The van der Waals surface area contributed by atoms with Crippen molar-refractivity contribution in [3.63, 3.8) is 0 Å². The molecule has 12 N–H and O–H groups in total. The lowest BCUT2D eigenvalue weighted by Gasteiger charge is -2.17. The van der Waals surface area contributed by atoms with Crippen LogP contribution in [0.2, 0.25) is 0 Å². The van der Waals surface area contributed by atoms with E-state index in [1.165, 1.54) is 117 Å². The number of nitrogens with one attached hydrogen (secondary N) is 3. The number of rotatable bonds is 24. The third-order valence-corrected chi connectivity index (χ3v) is 17.5. The number of benzene rings is 6. The van der Waals surface area contributed by atoms with Crippen LogP contribution in [-0.4, -0.2) is 72.2 Å². The van der Waals surface area contributed by atoms with Crippen LogP contribution in [-0.2, 0) is 56.9 Å². The van der Waals surface area contributed by atoms with Gasteiger partial charge in [0.2, 0.25) is 0 Å². The second-order valence-corrected chi connectivity index (χ2v) is 24.4. The molecule has 0 atom stereocenters. The number of aliphatic carboxylic acids is 1. The molecule has 456 valence electrons. The first kappa shape index (κ1) is 69.1. The fraction of sp³-hybridized carbons (Fsp3) is 0.185. The third-order valence-electron chi connectivity index (χ3n) is 10.5. The highest BCUT2D eigenvalue weighted by molar-refractivity contribution is 7.93. The Hall–Kier alpha value is -8.40. The summed E-state index contributed by atoms with van der Waals surface area (Å²) in [7, 11) is -15.2. The standard InChI is InChI=1S/C27H29F2N4O7PS.C26H26F2NO8PS.CH5N3/c1-4-38-41(35,39-5-2)21-10-6-19(7-11-21)33-42(36,37)22-12-8-20(9-13-22)40-25-23(28)15-18(16-24(25)29)14-17(3)26(34)32-27(30)31;1-4-35-38(32,36-5-2)21-10-6-19(7-11-21)29-39(33,34)22-12-8-20(9-13-22)37-25-23(27)15-18(16-24(25)28)14-17(3)26(30)31;2-1(3)4/h6-16,33H,4-5H2,1-3H3,(H4,30,31,32,34);6-16,29H,4-5H2,1-3H3,(H,30,31);(H5,2,3,4)/b2*17-14+;. The summed E-state index contributed by atoms with van der Waals surface area (Å²) in [6.45, 7) is 10.0. The van der Waals surface area contributed by atoms with Crippen LogP contribution in [0.1, 0.15) is 52.7 Å². The quantitative estimate of drug-likeness (QED) is 0.00919. The molecule has 0 fully saturated rings. The van der Waals surface area contributed by atoms with Gasteiger partial charge < -0.3 is 55.6 Å². The first-order chi connectivity index (χ1) is 39.9. The summed E-state index contributed by atoms with van der Waals surface area (Å²) in [5.41, 5.74) is 19.6. The Labute approximate surface area is 487 Å². The van der Waals surface area contributed by atoms with Crippen molar-refractivity contribution in [3.8, 4) is 23.0 Å². The van der Waals surface area contributed by atoms with Gasteiger partial charge in [0.1, 0.15) is 11.5 Å². The third kappa shape index (κ3) is 20.4. The predicted molar refractivity (Wildman–Crippen MR) is 313 cm³/mol. The molecular formula is C54H60F4N8O15P2S2. The maximum atomic E-state index is 14.7. The van der Waals surface area contributed by atoms with E-state index in [-0.39, 0.29) is 97.9 Å². The molecule has 0 aliphatic carbocycles. The number of halogens is 4. The van der Waals surface area contributed by atoms with Crippen LogP contribution < -0.4 is 52.5 Å². The molecule has 0 spiro atoms. The molecule has 0 saturated carbocycles. The van der Waals surface area contributed by atoms with Crippen molar-refractivity contribution in [2.75, 3.05) is 35.9 Å². The Morgan fingerprint density at radius 3 is 1.12 bits per heavy atom. The minimum absolute atomic E-state index is 0.00334. The lowest BCUT2D eigenvalue weighted by Crippen LogP contribution is -2.24. The van der Waals surface area contributed by atoms with E-state index < -0.39 is 87.8 Å². The fourth-order valence-electron chi connectivity index (χ4n) is 6.86. The van der Waals surface area contributed by atoms with Gasteiger partial charge in [-0.15, -0.1) is 0 Å². The average Bonchev–Trinajstić information content (AvgIpc) is 3.63. The zero-order chi connectivity index (χ0) is 63.5. The number of amides is 1. The summed E-state index contributed by atoms with van der Waals surface area (Å²) in [6.07, 6.45) is 2.30. The van der Waals surface area contributed by atoms with Crippen LogP contribution >= 0.6 is 15.2 Å². The van der Waals surface area contributed by atoms with Crippen molar-refractivity contribution in [2.24, 2.45) is 27.9 Å². The van der Waals surface area contributed by atoms with Crippen LogP contribution in [0.4, 0.5) is 28.9 Å². The lowest BCUT2D eigenvalue weighted by atomic mass is 10.1. The molecule has 0 heterocycles. The van der Waals surface area contributed by atoms with E-state index in [0.29, 0.717) is 0 Å². The Bertz CT molecular complexity index is 3720. The summed E-state index contributed by atoms with van der Waals surface area (Å²) in [4.78, 5) is 25.8. The van der Waals surface area contributed by atoms with Gasteiger partial charge in [-0.25, -0.2) is 39.2 Å². The Morgan fingerprint density at radius 2 is 0.847 bits per heavy atom. The predicted octanol–water partition coefficient (Wildman–Crippen LogP) is 9.43. The number of anilines is 2. The molecule has 1 amide bonds. The normalized spacial score (nSPS) is 11.9. The largest absolute Gasteiger partial charge is 0.478 e. The summed E-state index contributed by atoms with van der Waals surface area (Å²) >= 11 is 0. The molecule has 6 rings (SSSR count). The maximum absolute atomic E-state index is 14.7. The molecule has 0 aromatic heterocycles.